The predicted molar refractivity (Wildman–Crippen MR) is 76.4 cm³/mol. The molecule has 1 heterocycles. The van der Waals surface area contributed by atoms with Crippen molar-refractivity contribution >= 4 is 17.1 Å². The van der Waals surface area contributed by atoms with Crippen LogP contribution in [0.15, 0.2) is 40.8 Å². The van der Waals surface area contributed by atoms with Crippen molar-refractivity contribution in [2.45, 2.75) is 12.4 Å². The first-order valence-corrected chi connectivity index (χ1v) is 6.89. The molecule has 0 saturated heterocycles. The summed E-state index contributed by atoms with van der Waals surface area (Å²) in [5, 5.41) is 8.91. The lowest BCUT2D eigenvalue weighted by Crippen LogP contribution is -2.11. The summed E-state index contributed by atoms with van der Waals surface area (Å²) in [5.74, 6) is -1.76. The van der Waals surface area contributed by atoms with E-state index in [1.807, 2.05) is 0 Å². The van der Waals surface area contributed by atoms with E-state index in [2.05, 4.69) is 4.98 Å². The first kappa shape index (κ1) is 17.8. The zero-order valence-corrected chi connectivity index (χ0v) is 12.4. The van der Waals surface area contributed by atoms with E-state index >= 15 is 0 Å². The number of rotatable bonds is 2. The summed E-state index contributed by atoms with van der Waals surface area (Å²) in [6.07, 6.45) is -10.0. The lowest BCUT2D eigenvalue weighted by Gasteiger charge is -2.12. The van der Waals surface area contributed by atoms with Crippen LogP contribution in [-0.4, -0.2) is 16.1 Å². The minimum Gasteiger partial charge on any atom is -0.478 e. The van der Waals surface area contributed by atoms with Crippen LogP contribution in [0.3, 0.4) is 0 Å². The molecular formula is C16H7F6NO3. The quantitative estimate of drug-likeness (QED) is 0.623. The Morgan fingerprint density at radius 2 is 1.50 bits per heavy atom. The standard InChI is InChI=1S/C16H7F6NO3/c17-15(18,19)9-3-8(4-10(6-9)16(20,21)22)13-23-11-2-1-7(14(24)25)5-12(11)26-13/h1-6H,(H,24,25). The van der Waals surface area contributed by atoms with Gasteiger partial charge in [0.25, 0.3) is 0 Å². The Balaban J connectivity index is 2.19. The molecule has 2 aromatic carbocycles. The van der Waals surface area contributed by atoms with Crippen molar-refractivity contribution in [3.8, 4) is 11.5 Å². The highest BCUT2D eigenvalue weighted by Gasteiger charge is 2.37. The Morgan fingerprint density at radius 1 is 0.923 bits per heavy atom. The molecule has 1 N–H and O–H groups in total. The minimum absolute atomic E-state index is 0.00527. The van der Waals surface area contributed by atoms with Gasteiger partial charge in [-0.15, -0.1) is 0 Å². The van der Waals surface area contributed by atoms with Gasteiger partial charge in [-0.25, -0.2) is 9.78 Å². The van der Waals surface area contributed by atoms with E-state index in [4.69, 9.17) is 9.52 Å². The SMILES string of the molecule is O=C(O)c1ccc2nc(-c3cc(C(F)(F)F)cc(C(F)(F)F)c3)oc2c1. The number of fused-ring (bicyclic) bond motifs is 1. The molecule has 0 bridgehead atoms. The molecule has 26 heavy (non-hydrogen) atoms. The number of benzene rings is 2. The van der Waals surface area contributed by atoms with E-state index < -0.39 is 40.9 Å². The number of nitrogens with zero attached hydrogens (tertiary/aromatic N) is 1. The van der Waals surface area contributed by atoms with Crippen LogP contribution in [0.5, 0.6) is 0 Å². The maximum Gasteiger partial charge on any atom is 0.416 e. The number of carboxylic acid groups (broad SMARTS) is 1. The monoisotopic (exact) mass is 375 g/mol. The van der Waals surface area contributed by atoms with Gasteiger partial charge in [0.15, 0.2) is 5.58 Å². The van der Waals surface area contributed by atoms with Gasteiger partial charge >= 0.3 is 18.3 Å². The molecule has 0 aliphatic carbocycles. The highest BCUT2D eigenvalue weighted by Crippen LogP contribution is 2.39. The number of halogens is 6. The average molecular weight is 375 g/mol. The second-order valence-corrected chi connectivity index (χ2v) is 5.30. The number of oxazole rings is 1. The van der Waals surface area contributed by atoms with Crippen molar-refractivity contribution in [1.29, 1.82) is 0 Å². The molecular weight excluding hydrogens is 368 g/mol. The molecule has 0 amide bonds. The second-order valence-electron chi connectivity index (χ2n) is 5.30. The van der Waals surface area contributed by atoms with Gasteiger partial charge in [0, 0.05) is 5.56 Å². The maximum atomic E-state index is 12.9. The first-order valence-electron chi connectivity index (χ1n) is 6.89. The molecule has 136 valence electrons. The lowest BCUT2D eigenvalue weighted by molar-refractivity contribution is -0.143. The highest BCUT2D eigenvalue weighted by molar-refractivity contribution is 5.92. The van der Waals surface area contributed by atoms with Crippen molar-refractivity contribution in [3.05, 3.63) is 53.1 Å². The smallest absolute Gasteiger partial charge is 0.416 e. The summed E-state index contributed by atoms with van der Waals surface area (Å²) >= 11 is 0. The number of aromatic carboxylic acids is 1. The number of alkyl halides is 6. The normalized spacial score (nSPS) is 12.5. The van der Waals surface area contributed by atoms with Crippen molar-refractivity contribution in [3.63, 3.8) is 0 Å². The van der Waals surface area contributed by atoms with E-state index in [9.17, 15) is 31.1 Å². The Morgan fingerprint density at radius 3 is 2.00 bits per heavy atom. The maximum absolute atomic E-state index is 12.9. The first-order chi connectivity index (χ1) is 11.9. The summed E-state index contributed by atoms with van der Waals surface area (Å²) in [6, 6.07) is 4.46. The van der Waals surface area contributed by atoms with Gasteiger partial charge < -0.3 is 9.52 Å². The number of aromatic nitrogens is 1. The van der Waals surface area contributed by atoms with E-state index in [1.165, 1.54) is 12.1 Å². The van der Waals surface area contributed by atoms with Crippen LogP contribution in [-0.2, 0) is 12.4 Å². The highest BCUT2D eigenvalue weighted by atomic mass is 19.4. The number of carbonyl (C=O) groups is 1. The van der Waals surface area contributed by atoms with Crippen LogP contribution in [0.25, 0.3) is 22.6 Å². The van der Waals surface area contributed by atoms with E-state index in [1.54, 1.807) is 0 Å². The van der Waals surface area contributed by atoms with Crippen LogP contribution >= 0.6 is 0 Å². The summed E-state index contributed by atoms with van der Waals surface area (Å²) in [6.45, 7) is 0. The Hall–Kier alpha value is -3.04. The third-order valence-electron chi connectivity index (χ3n) is 3.47. The van der Waals surface area contributed by atoms with Crippen molar-refractivity contribution in [1.82, 2.24) is 4.98 Å². The zero-order chi connectivity index (χ0) is 19.3. The van der Waals surface area contributed by atoms with E-state index in [0.29, 0.717) is 12.1 Å². The van der Waals surface area contributed by atoms with Crippen LogP contribution in [0.4, 0.5) is 26.3 Å². The molecule has 10 heteroatoms. The molecule has 3 rings (SSSR count). The van der Waals surface area contributed by atoms with Gasteiger partial charge in [-0.05, 0) is 36.4 Å². The Bertz CT molecular complexity index is 971. The van der Waals surface area contributed by atoms with E-state index in [-0.39, 0.29) is 22.7 Å². The molecule has 0 saturated carbocycles. The van der Waals surface area contributed by atoms with Crippen LogP contribution in [0.2, 0.25) is 0 Å². The van der Waals surface area contributed by atoms with Gasteiger partial charge in [0.05, 0.1) is 16.7 Å². The van der Waals surface area contributed by atoms with Crippen LogP contribution < -0.4 is 0 Å². The molecule has 3 aromatic rings. The van der Waals surface area contributed by atoms with Gasteiger partial charge in [0.2, 0.25) is 5.89 Å². The Labute approximate surface area is 140 Å². The topological polar surface area (TPSA) is 63.3 Å². The zero-order valence-electron chi connectivity index (χ0n) is 12.4. The molecule has 0 fully saturated rings. The molecule has 0 atom stereocenters. The molecule has 4 nitrogen and oxygen atoms in total. The van der Waals surface area contributed by atoms with Gasteiger partial charge in [-0.2, -0.15) is 26.3 Å². The summed E-state index contributed by atoms with van der Waals surface area (Å²) in [7, 11) is 0. The van der Waals surface area contributed by atoms with Gasteiger partial charge in [0.1, 0.15) is 5.52 Å². The fourth-order valence-electron chi connectivity index (χ4n) is 2.26. The molecule has 0 aliphatic heterocycles. The number of hydrogen-bond acceptors (Lipinski definition) is 3. The minimum atomic E-state index is -5.00. The molecule has 0 aliphatic rings. The predicted octanol–water partition coefficient (Wildman–Crippen LogP) is 5.23. The molecule has 1 aromatic heterocycles. The fourth-order valence-corrected chi connectivity index (χ4v) is 2.26. The number of hydrogen-bond donors (Lipinski definition) is 1. The third-order valence-corrected chi connectivity index (χ3v) is 3.47. The summed E-state index contributed by atoms with van der Waals surface area (Å²) in [5.41, 5.74) is -3.69. The van der Waals surface area contributed by atoms with Crippen molar-refractivity contribution < 1.29 is 40.7 Å². The van der Waals surface area contributed by atoms with Crippen molar-refractivity contribution in [2.24, 2.45) is 0 Å². The third kappa shape index (κ3) is 3.35. The largest absolute Gasteiger partial charge is 0.478 e. The molecule has 0 unspecified atom stereocenters. The van der Waals surface area contributed by atoms with Crippen LogP contribution in [0, 0.1) is 0 Å². The van der Waals surface area contributed by atoms with Crippen molar-refractivity contribution in [2.75, 3.05) is 0 Å². The van der Waals surface area contributed by atoms with E-state index in [0.717, 1.165) is 6.07 Å². The molecule has 0 radical (unpaired) electrons. The average Bonchev–Trinajstić information content (AvgIpc) is 2.95. The Kier molecular flexibility index (Phi) is 3.93. The summed E-state index contributed by atoms with van der Waals surface area (Å²) in [4.78, 5) is 14.8. The van der Waals surface area contributed by atoms with Gasteiger partial charge in [-0.3, -0.25) is 0 Å². The van der Waals surface area contributed by atoms with Crippen LogP contribution in [0.1, 0.15) is 21.5 Å². The molecule has 0 spiro atoms. The lowest BCUT2D eigenvalue weighted by atomic mass is 10.0. The fraction of sp³-hybridized carbons (Fsp3) is 0.125. The number of carboxylic acids is 1. The summed E-state index contributed by atoms with van der Waals surface area (Å²) < 4.78 is 82.7. The van der Waals surface area contributed by atoms with Gasteiger partial charge in [-0.1, -0.05) is 0 Å². The second kappa shape index (κ2) is 5.75.